The summed E-state index contributed by atoms with van der Waals surface area (Å²) in [4.78, 5) is 2.28. The van der Waals surface area contributed by atoms with Gasteiger partial charge in [-0.05, 0) is 82.1 Å². The third-order valence-electron chi connectivity index (χ3n) is 9.63. The second-order valence-electron chi connectivity index (χ2n) is 12.5. The molecule has 10 aromatic rings. The van der Waals surface area contributed by atoms with Gasteiger partial charge in [0, 0.05) is 50.2 Å². The Hall–Kier alpha value is -6.58. The lowest BCUT2D eigenvalue weighted by Crippen LogP contribution is -2.09. The number of para-hydroxylation sites is 2. The van der Waals surface area contributed by atoms with Gasteiger partial charge in [0.05, 0.1) is 0 Å². The van der Waals surface area contributed by atoms with Gasteiger partial charge in [0.1, 0.15) is 22.3 Å². The molecule has 2 aromatic heterocycles. The maximum Gasteiger partial charge on any atom is 0.144 e. The molecule has 0 fully saturated rings. The van der Waals surface area contributed by atoms with E-state index >= 15 is 0 Å². The summed E-state index contributed by atoms with van der Waals surface area (Å²) in [7, 11) is 0. The van der Waals surface area contributed by atoms with Crippen LogP contribution in [0.4, 0.5) is 17.1 Å². The predicted octanol–water partition coefficient (Wildman–Crippen LogP) is 13.4. The van der Waals surface area contributed by atoms with E-state index in [0.717, 1.165) is 72.1 Å². The number of anilines is 3. The summed E-state index contributed by atoms with van der Waals surface area (Å²) in [6.07, 6.45) is 0. The van der Waals surface area contributed by atoms with Gasteiger partial charge in [-0.15, -0.1) is 0 Å². The summed E-state index contributed by atoms with van der Waals surface area (Å²) in [6.45, 7) is 0. The monoisotopic (exact) mass is 627 g/mol. The van der Waals surface area contributed by atoms with Gasteiger partial charge in [-0.25, -0.2) is 0 Å². The van der Waals surface area contributed by atoms with E-state index in [-0.39, 0.29) is 0 Å². The van der Waals surface area contributed by atoms with Crippen LogP contribution in [0.5, 0.6) is 0 Å². The Kier molecular flexibility index (Phi) is 6.18. The van der Waals surface area contributed by atoms with Crippen LogP contribution in [0, 0.1) is 0 Å². The molecule has 0 aliphatic rings. The maximum absolute atomic E-state index is 6.95. The minimum Gasteiger partial charge on any atom is -0.456 e. The molecule has 0 saturated carbocycles. The molecule has 3 nitrogen and oxygen atoms in total. The van der Waals surface area contributed by atoms with Crippen molar-refractivity contribution in [1.29, 1.82) is 0 Å². The molecule has 0 amide bonds. The Morgan fingerprint density at radius 1 is 0.347 bits per heavy atom. The molecule has 0 spiro atoms. The van der Waals surface area contributed by atoms with Crippen molar-refractivity contribution in [3.63, 3.8) is 0 Å². The SMILES string of the molecule is c1ccc(-c2ccc(N(c3ccccc3)c3ccc4c(c3)oc3c(-c5ccc6ccccc6c5)c5c(cc34)oc3ccccc35)cc2)cc1. The average molecular weight is 628 g/mol. The lowest BCUT2D eigenvalue weighted by molar-refractivity contribution is 0.664. The van der Waals surface area contributed by atoms with E-state index in [1.54, 1.807) is 0 Å². The Balaban J connectivity index is 1.19. The van der Waals surface area contributed by atoms with Crippen LogP contribution in [0.25, 0.3) is 76.9 Å². The van der Waals surface area contributed by atoms with Crippen LogP contribution in [0.15, 0.2) is 185 Å². The van der Waals surface area contributed by atoms with Crippen molar-refractivity contribution < 1.29 is 8.83 Å². The first-order valence-electron chi connectivity index (χ1n) is 16.6. The van der Waals surface area contributed by atoms with Gasteiger partial charge in [0.15, 0.2) is 0 Å². The zero-order valence-corrected chi connectivity index (χ0v) is 26.5. The third-order valence-corrected chi connectivity index (χ3v) is 9.63. The second kappa shape index (κ2) is 11.0. The van der Waals surface area contributed by atoms with Crippen LogP contribution in [-0.4, -0.2) is 0 Å². The molecule has 0 aliphatic heterocycles. The number of hydrogen-bond acceptors (Lipinski definition) is 3. The minimum absolute atomic E-state index is 0.827. The third kappa shape index (κ3) is 4.51. The molecule has 0 N–H and O–H groups in total. The minimum atomic E-state index is 0.827. The average Bonchev–Trinajstić information content (AvgIpc) is 3.72. The van der Waals surface area contributed by atoms with Gasteiger partial charge in [0.2, 0.25) is 0 Å². The number of hydrogen-bond donors (Lipinski definition) is 0. The summed E-state index contributed by atoms with van der Waals surface area (Å²) >= 11 is 0. The summed E-state index contributed by atoms with van der Waals surface area (Å²) in [5.74, 6) is 0. The standard InChI is InChI=1S/C46H29NO2/c1-3-11-30(12-4-1)32-21-23-36(24-22-32)47(35-15-5-2-6-16-35)37-25-26-38-40-29-43-45(39-17-9-10-18-41(39)48-43)44(46(40)49-42(38)28-37)34-20-19-31-13-7-8-14-33(31)27-34/h1-29H. The van der Waals surface area contributed by atoms with Crippen LogP contribution in [0.2, 0.25) is 0 Å². The Morgan fingerprint density at radius 2 is 1.00 bits per heavy atom. The fraction of sp³-hybridized carbons (Fsp3) is 0. The maximum atomic E-state index is 6.95. The van der Waals surface area contributed by atoms with Crippen molar-refractivity contribution in [3.8, 4) is 22.3 Å². The first-order valence-corrected chi connectivity index (χ1v) is 16.6. The molecule has 0 saturated heterocycles. The van der Waals surface area contributed by atoms with Gasteiger partial charge in [0.25, 0.3) is 0 Å². The molecule has 0 radical (unpaired) electrons. The largest absolute Gasteiger partial charge is 0.456 e. The summed E-state index contributed by atoms with van der Waals surface area (Å²) in [5.41, 5.74) is 11.1. The lowest BCUT2D eigenvalue weighted by Gasteiger charge is -2.25. The first kappa shape index (κ1) is 27.5. The Bertz CT molecular complexity index is 2810. The smallest absolute Gasteiger partial charge is 0.144 e. The van der Waals surface area contributed by atoms with E-state index in [0.29, 0.717) is 0 Å². The fourth-order valence-corrected chi connectivity index (χ4v) is 7.32. The van der Waals surface area contributed by atoms with Crippen LogP contribution in [0.1, 0.15) is 0 Å². The van der Waals surface area contributed by atoms with Crippen LogP contribution in [0.3, 0.4) is 0 Å². The van der Waals surface area contributed by atoms with Crippen molar-refractivity contribution in [2.24, 2.45) is 0 Å². The molecular weight excluding hydrogens is 599 g/mol. The lowest BCUT2D eigenvalue weighted by atomic mass is 9.95. The first-order chi connectivity index (χ1) is 24.3. The van der Waals surface area contributed by atoms with Crippen molar-refractivity contribution in [2.75, 3.05) is 4.90 Å². The van der Waals surface area contributed by atoms with Gasteiger partial charge < -0.3 is 13.7 Å². The highest BCUT2D eigenvalue weighted by atomic mass is 16.3. The fourth-order valence-electron chi connectivity index (χ4n) is 7.32. The van der Waals surface area contributed by atoms with Crippen LogP contribution >= 0.6 is 0 Å². The summed E-state index contributed by atoms with van der Waals surface area (Å²) in [5, 5.41) is 6.64. The Labute approximate surface area is 282 Å². The summed E-state index contributed by atoms with van der Waals surface area (Å²) < 4.78 is 13.4. The molecule has 49 heavy (non-hydrogen) atoms. The number of rotatable bonds is 5. The highest BCUT2D eigenvalue weighted by Crippen LogP contribution is 2.46. The quantitative estimate of drug-likeness (QED) is 0.190. The number of furan rings is 2. The van der Waals surface area contributed by atoms with Gasteiger partial charge in [-0.2, -0.15) is 0 Å². The molecule has 0 unspecified atom stereocenters. The zero-order chi connectivity index (χ0) is 32.3. The van der Waals surface area contributed by atoms with Crippen molar-refractivity contribution in [3.05, 3.63) is 176 Å². The van der Waals surface area contributed by atoms with Crippen LogP contribution < -0.4 is 4.90 Å². The molecule has 0 atom stereocenters. The van der Waals surface area contributed by atoms with E-state index in [4.69, 9.17) is 8.83 Å². The molecule has 3 heteroatoms. The number of fused-ring (bicyclic) bond motifs is 7. The van der Waals surface area contributed by atoms with E-state index < -0.39 is 0 Å². The highest BCUT2D eigenvalue weighted by molar-refractivity contribution is 6.24. The van der Waals surface area contributed by atoms with Crippen molar-refractivity contribution in [2.45, 2.75) is 0 Å². The van der Waals surface area contributed by atoms with E-state index in [9.17, 15) is 0 Å². The number of benzene rings is 8. The molecule has 8 aromatic carbocycles. The van der Waals surface area contributed by atoms with Gasteiger partial charge in [-0.1, -0.05) is 115 Å². The summed E-state index contributed by atoms with van der Waals surface area (Å²) in [6, 6.07) is 61.9. The van der Waals surface area contributed by atoms with E-state index in [1.807, 2.05) is 18.2 Å². The zero-order valence-electron chi connectivity index (χ0n) is 26.5. The van der Waals surface area contributed by atoms with Gasteiger partial charge >= 0.3 is 0 Å². The predicted molar refractivity (Wildman–Crippen MR) is 204 cm³/mol. The second-order valence-corrected chi connectivity index (χ2v) is 12.5. The Morgan fingerprint density at radius 3 is 1.84 bits per heavy atom. The van der Waals surface area contributed by atoms with Gasteiger partial charge in [-0.3, -0.25) is 0 Å². The normalized spacial score (nSPS) is 11.7. The molecule has 0 bridgehead atoms. The molecule has 0 aliphatic carbocycles. The van der Waals surface area contributed by atoms with Crippen molar-refractivity contribution >= 4 is 71.7 Å². The highest BCUT2D eigenvalue weighted by Gasteiger charge is 2.22. The topological polar surface area (TPSA) is 29.5 Å². The molecule has 230 valence electrons. The molecular formula is C46H29NO2. The van der Waals surface area contributed by atoms with Crippen LogP contribution in [-0.2, 0) is 0 Å². The number of nitrogens with zero attached hydrogens (tertiary/aromatic N) is 1. The molecule has 10 rings (SSSR count). The van der Waals surface area contributed by atoms with Crippen molar-refractivity contribution in [1.82, 2.24) is 0 Å². The molecule has 2 heterocycles. The van der Waals surface area contributed by atoms with E-state index in [1.165, 1.54) is 21.9 Å². The van der Waals surface area contributed by atoms with E-state index in [2.05, 4.69) is 163 Å².